The summed E-state index contributed by atoms with van der Waals surface area (Å²) in [6, 6.07) is 8.24. The van der Waals surface area contributed by atoms with Gasteiger partial charge in [-0.2, -0.15) is 0 Å². The van der Waals surface area contributed by atoms with Crippen LogP contribution in [0.15, 0.2) is 24.3 Å². The van der Waals surface area contributed by atoms with Gasteiger partial charge in [0.1, 0.15) is 11.4 Å². The number of rotatable bonds is 2. The maximum Gasteiger partial charge on any atom is 0.237 e. The van der Waals surface area contributed by atoms with Gasteiger partial charge in [-0.05, 0) is 51.1 Å². The molecule has 2 N–H and O–H groups in total. The van der Waals surface area contributed by atoms with Crippen molar-refractivity contribution in [1.29, 1.82) is 0 Å². The number of carbonyl (C=O) groups excluding carboxylic acids is 1. The normalized spacial score (nSPS) is 27.8. The van der Waals surface area contributed by atoms with E-state index in [0.717, 1.165) is 50.0 Å². The number of hydrogen-bond acceptors (Lipinski definition) is 3. The summed E-state index contributed by atoms with van der Waals surface area (Å²) in [7, 11) is 0. The Morgan fingerprint density at radius 1 is 1.22 bits per heavy atom. The molecule has 0 bridgehead atoms. The second-order valence-corrected chi connectivity index (χ2v) is 6.94. The predicted octanol–water partition coefficient (Wildman–Crippen LogP) is 3.11. The molecule has 2 fully saturated rings. The van der Waals surface area contributed by atoms with Crippen molar-refractivity contribution in [2.75, 3.05) is 6.54 Å². The summed E-state index contributed by atoms with van der Waals surface area (Å²) < 4.78 is 6.35. The molecule has 1 aliphatic carbocycles. The van der Waals surface area contributed by atoms with E-state index < -0.39 is 0 Å². The van der Waals surface area contributed by atoms with Crippen LogP contribution in [0, 0.1) is 0 Å². The quantitative estimate of drug-likeness (QED) is 0.872. The first-order valence-electron chi connectivity index (χ1n) is 8.58. The van der Waals surface area contributed by atoms with Crippen molar-refractivity contribution < 1.29 is 9.53 Å². The fraction of sp³-hybridized carbons (Fsp3) is 0.611. The van der Waals surface area contributed by atoms with Gasteiger partial charge in [0.15, 0.2) is 0 Å². The maximum absolute atomic E-state index is 12.5. The molecule has 2 heterocycles. The van der Waals surface area contributed by atoms with Gasteiger partial charge in [-0.3, -0.25) is 4.79 Å². The zero-order valence-electron chi connectivity index (χ0n) is 13.3. The third-order valence-corrected chi connectivity index (χ3v) is 5.41. The van der Waals surface area contributed by atoms with Gasteiger partial charge in [0, 0.05) is 12.0 Å². The minimum Gasteiger partial charge on any atom is -0.487 e. The smallest absolute Gasteiger partial charge is 0.237 e. The van der Waals surface area contributed by atoms with E-state index in [1.54, 1.807) is 0 Å². The Balaban J connectivity index is 0.00000156. The average Bonchev–Trinajstić information content (AvgIpc) is 3.19. The molecule has 2 unspecified atom stereocenters. The van der Waals surface area contributed by atoms with Gasteiger partial charge < -0.3 is 15.4 Å². The first kappa shape index (κ1) is 16.6. The Hall–Kier alpha value is -1.26. The topological polar surface area (TPSA) is 50.4 Å². The third-order valence-electron chi connectivity index (χ3n) is 5.41. The van der Waals surface area contributed by atoms with Crippen molar-refractivity contribution in [3.63, 3.8) is 0 Å². The molecule has 0 aromatic heterocycles. The lowest BCUT2D eigenvalue weighted by Gasteiger charge is -2.40. The molecule has 5 heteroatoms. The number of fused-ring (bicyclic) bond motifs is 1. The van der Waals surface area contributed by atoms with E-state index in [-0.39, 0.29) is 36.0 Å². The number of benzene rings is 1. The summed E-state index contributed by atoms with van der Waals surface area (Å²) in [6.45, 7) is 0.951. The first-order valence-corrected chi connectivity index (χ1v) is 8.58. The van der Waals surface area contributed by atoms with E-state index in [0.29, 0.717) is 0 Å². The molecule has 1 aromatic rings. The summed E-state index contributed by atoms with van der Waals surface area (Å²) in [4.78, 5) is 12.5. The predicted molar refractivity (Wildman–Crippen MR) is 92.0 cm³/mol. The van der Waals surface area contributed by atoms with Crippen LogP contribution in [-0.2, 0) is 4.79 Å². The van der Waals surface area contributed by atoms with Crippen molar-refractivity contribution in [3.05, 3.63) is 29.8 Å². The highest BCUT2D eigenvalue weighted by Gasteiger charge is 2.43. The van der Waals surface area contributed by atoms with E-state index in [4.69, 9.17) is 4.74 Å². The average molecular weight is 337 g/mol. The fourth-order valence-corrected chi connectivity index (χ4v) is 4.25. The van der Waals surface area contributed by atoms with Crippen molar-refractivity contribution in [3.8, 4) is 5.75 Å². The lowest BCUT2D eigenvalue weighted by Crippen LogP contribution is -2.47. The highest BCUT2D eigenvalue weighted by atomic mass is 35.5. The Labute approximate surface area is 143 Å². The lowest BCUT2D eigenvalue weighted by molar-refractivity contribution is -0.124. The van der Waals surface area contributed by atoms with Crippen LogP contribution >= 0.6 is 12.4 Å². The van der Waals surface area contributed by atoms with E-state index in [1.165, 1.54) is 12.8 Å². The van der Waals surface area contributed by atoms with Crippen LogP contribution in [0.1, 0.15) is 56.6 Å². The number of hydrogen-bond donors (Lipinski definition) is 2. The number of amides is 1. The van der Waals surface area contributed by atoms with Crippen LogP contribution in [-0.4, -0.2) is 24.1 Å². The largest absolute Gasteiger partial charge is 0.487 e. The monoisotopic (exact) mass is 336 g/mol. The molecule has 2 aliphatic heterocycles. The van der Waals surface area contributed by atoms with Crippen LogP contribution in [0.25, 0.3) is 0 Å². The van der Waals surface area contributed by atoms with E-state index in [1.807, 2.05) is 18.2 Å². The van der Waals surface area contributed by atoms with E-state index in [9.17, 15) is 4.79 Å². The van der Waals surface area contributed by atoms with E-state index >= 15 is 0 Å². The van der Waals surface area contributed by atoms with Crippen LogP contribution < -0.4 is 15.4 Å². The van der Waals surface area contributed by atoms with Crippen molar-refractivity contribution in [2.24, 2.45) is 0 Å². The van der Waals surface area contributed by atoms with Gasteiger partial charge in [0.05, 0.1) is 12.1 Å². The number of para-hydroxylation sites is 1. The van der Waals surface area contributed by atoms with Crippen LogP contribution in [0.5, 0.6) is 5.75 Å². The Morgan fingerprint density at radius 3 is 2.74 bits per heavy atom. The first-order chi connectivity index (χ1) is 10.8. The summed E-state index contributed by atoms with van der Waals surface area (Å²) in [5, 5.41) is 6.57. The van der Waals surface area contributed by atoms with Gasteiger partial charge >= 0.3 is 0 Å². The van der Waals surface area contributed by atoms with Gasteiger partial charge in [-0.25, -0.2) is 0 Å². The van der Waals surface area contributed by atoms with Crippen LogP contribution in [0.4, 0.5) is 0 Å². The van der Waals surface area contributed by atoms with Crippen molar-refractivity contribution in [2.45, 2.75) is 62.6 Å². The second kappa shape index (κ2) is 6.70. The molecule has 1 aromatic carbocycles. The standard InChI is InChI=1S/C18H24N2O2.ClH/c21-17(14-7-5-11-19-14)20-15-12-18(9-3-4-10-18)22-16-8-2-1-6-13(15)16;/h1-2,6,8,14-15,19H,3-5,7,9-12H2,(H,20,21);1H. The highest BCUT2D eigenvalue weighted by Crippen LogP contribution is 2.47. The third kappa shape index (κ3) is 3.20. The molecule has 2 atom stereocenters. The van der Waals surface area contributed by atoms with Gasteiger partial charge in [-0.15, -0.1) is 12.4 Å². The second-order valence-electron chi connectivity index (χ2n) is 6.94. The molecule has 1 amide bonds. The number of halogens is 1. The molecule has 4 nitrogen and oxygen atoms in total. The summed E-state index contributed by atoms with van der Waals surface area (Å²) in [6.07, 6.45) is 7.61. The molecular formula is C18H25ClN2O2. The molecule has 4 rings (SSSR count). The lowest BCUT2D eigenvalue weighted by atomic mass is 9.85. The minimum absolute atomic E-state index is 0. The molecule has 0 radical (unpaired) electrons. The molecule has 3 aliphatic rings. The van der Waals surface area contributed by atoms with E-state index in [2.05, 4.69) is 16.7 Å². The fourth-order valence-electron chi connectivity index (χ4n) is 4.25. The molecule has 1 spiro atoms. The number of nitrogens with one attached hydrogen (secondary N) is 2. The SMILES string of the molecule is Cl.O=C(NC1CC2(CCCC2)Oc2ccccc21)C1CCCN1. The van der Waals surface area contributed by atoms with Crippen LogP contribution in [0.3, 0.4) is 0 Å². The van der Waals surface area contributed by atoms with Gasteiger partial charge in [0.25, 0.3) is 0 Å². The summed E-state index contributed by atoms with van der Waals surface area (Å²) in [5.41, 5.74) is 1.07. The number of ether oxygens (including phenoxy) is 1. The Bertz CT molecular complexity index is 566. The molecule has 126 valence electrons. The van der Waals surface area contributed by atoms with Gasteiger partial charge in [0.2, 0.25) is 5.91 Å². The highest BCUT2D eigenvalue weighted by molar-refractivity contribution is 5.85. The van der Waals surface area contributed by atoms with Crippen molar-refractivity contribution >= 4 is 18.3 Å². The maximum atomic E-state index is 12.5. The molecular weight excluding hydrogens is 312 g/mol. The van der Waals surface area contributed by atoms with Crippen LogP contribution in [0.2, 0.25) is 0 Å². The Kier molecular flexibility index (Phi) is 4.83. The molecule has 1 saturated heterocycles. The Morgan fingerprint density at radius 2 is 2.00 bits per heavy atom. The van der Waals surface area contributed by atoms with Gasteiger partial charge in [-0.1, -0.05) is 18.2 Å². The minimum atomic E-state index is -0.0601. The zero-order chi connectivity index (χ0) is 15.0. The molecule has 1 saturated carbocycles. The summed E-state index contributed by atoms with van der Waals surface area (Å²) >= 11 is 0. The zero-order valence-corrected chi connectivity index (χ0v) is 14.2. The number of carbonyl (C=O) groups is 1. The molecule has 23 heavy (non-hydrogen) atoms. The van der Waals surface area contributed by atoms with Crippen molar-refractivity contribution in [1.82, 2.24) is 10.6 Å². The summed E-state index contributed by atoms with van der Waals surface area (Å²) in [5.74, 6) is 1.10.